The Morgan fingerprint density at radius 3 is 2.91 bits per heavy atom. The highest BCUT2D eigenvalue weighted by Crippen LogP contribution is 2.35. The second-order valence-electron chi connectivity index (χ2n) is 9.01. The molecule has 0 bridgehead atoms. The highest BCUT2D eigenvalue weighted by Gasteiger charge is 2.27. The lowest BCUT2D eigenvalue weighted by molar-refractivity contribution is -0.117. The number of likely N-dealkylation sites (tertiary alicyclic amines) is 1. The topological polar surface area (TPSA) is 75.0 Å². The SMILES string of the molecule is Cn1c(CCN2CCC[C@H]2Cc2c(CC(N)=O)sc3ccccc23)cc2ccc(C#N)cc21. The van der Waals surface area contributed by atoms with E-state index in [1.807, 2.05) is 18.2 Å². The summed E-state index contributed by atoms with van der Waals surface area (Å²) in [6.07, 6.45) is 4.65. The van der Waals surface area contributed by atoms with E-state index in [9.17, 15) is 10.1 Å². The highest BCUT2D eigenvalue weighted by molar-refractivity contribution is 7.19. The number of carbonyl (C=O) groups is 1. The van der Waals surface area contributed by atoms with Gasteiger partial charge in [-0.1, -0.05) is 24.3 Å². The van der Waals surface area contributed by atoms with Gasteiger partial charge in [0.05, 0.1) is 18.1 Å². The Hall–Kier alpha value is -3.14. The van der Waals surface area contributed by atoms with Gasteiger partial charge in [-0.2, -0.15) is 5.26 Å². The molecular formula is C27H28N4OS. The minimum atomic E-state index is -0.263. The maximum absolute atomic E-state index is 11.7. The van der Waals surface area contributed by atoms with Crippen LogP contribution in [0.4, 0.5) is 0 Å². The lowest BCUT2D eigenvalue weighted by Crippen LogP contribution is -2.33. The van der Waals surface area contributed by atoms with E-state index in [-0.39, 0.29) is 5.91 Å². The maximum atomic E-state index is 11.7. The first-order valence-corrected chi connectivity index (χ1v) is 12.3. The van der Waals surface area contributed by atoms with Gasteiger partial charge < -0.3 is 10.3 Å². The number of fused-ring (bicyclic) bond motifs is 2. The Morgan fingerprint density at radius 2 is 2.09 bits per heavy atom. The number of benzene rings is 2. The molecule has 2 N–H and O–H groups in total. The second-order valence-corrected chi connectivity index (χ2v) is 10.1. The number of nitrogens with two attached hydrogens (primary N) is 1. The van der Waals surface area contributed by atoms with Crippen molar-refractivity contribution in [1.29, 1.82) is 5.26 Å². The Labute approximate surface area is 198 Å². The summed E-state index contributed by atoms with van der Waals surface area (Å²) in [6, 6.07) is 19.3. The third kappa shape index (κ3) is 4.27. The predicted octanol–water partition coefficient (Wildman–Crippen LogP) is 4.54. The van der Waals surface area contributed by atoms with Crippen LogP contribution >= 0.6 is 11.3 Å². The number of hydrogen-bond donors (Lipinski definition) is 1. The van der Waals surface area contributed by atoms with Gasteiger partial charge in [-0.15, -0.1) is 11.3 Å². The van der Waals surface area contributed by atoms with Crippen LogP contribution in [0.3, 0.4) is 0 Å². The van der Waals surface area contributed by atoms with Crippen molar-refractivity contribution in [3.05, 3.63) is 70.2 Å². The van der Waals surface area contributed by atoms with Gasteiger partial charge in [0, 0.05) is 46.8 Å². The number of amides is 1. The summed E-state index contributed by atoms with van der Waals surface area (Å²) in [5, 5.41) is 11.7. The molecule has 1 fully saturated rings. The fourth-order valence-corrected chi connectivity index (χ4v) is 6.53. The van der Waals surface area contributed by atoms with Crippen LogP contribution in [0, 0.1) is 11.3 Å². The summed E-state index contributed by atoms with van der Waals surface area (Å²) in [5.41, 5.74) is 9.97. The Morgan fingerprint density at radius 1 is 1.24 bits per heavy atom. The largest absolute Gasteiger partial charge is 0.369 e. The van der Waals surface area contributed by atoms with Crippen LogP contribution in [-0.4, -0.2) is 34.5 Å². The number of hydrogen-bond acceptors (Lipinski definition) is 4. The number of nitrogens with zero attached hydrogens (tertiary/aromatic N) is 3. The Kier molecular flexibility index (Phi) is 5.92. The Balaban J connectivity index is 1.35. The summed E-state index contributed by atoms with van der Waals surface area (Å²) in [5.74, 6) is -0.263. The highest BCUT2D eigenvalue weighted by atomic mass is 32.1. The molecule has 0 radical (unpaired) electrons. The first-order valence-electron chi connectivity index (χ1n) is 11.5. The number of aromatic nitrogens is 1. The van der Waals surface area contributed by atoms with Crippen molar-refractivity contribution in [2.75, 3.05) is 13.1 Å². The number of aryl methyl sites for hydroxylation is 1. The molecule has 5 nitrogen and oxygen atoms in total. The molecule has 2 aromatic heterocycles. The van der Waals surface area contributed by atoms with Crippen LogP contribution in [0.5, 0.6) is 0 Å². The van der Waals surface area contributed by atoms with Crippen LogP contribution < -0.4 is 5.73 Å². The lowest BCUT2D eigenvalue weighted by atomic mass is 9.99. The second kappa shape index (κ2) is 9.01. The van der Waals surface area contributed by atoms with Gasteiger partial charge in [0.25, 0.3) is 0 Å². The van der Waals surface area contributed by atoms with Crippen LogP contribution in [0.25, 0.3) is 21.0 Å². The molecule has 5 rings (SSSR count). The smallest absolute Gasteiger partial charge is 0.222 e. The molecule has 2 aromatic carbocycles. The van der Waals surface area contributed by atoms with Gasteiger partial charge in [-0.3, -0.25) is 9.69 Å². The fourth-order valence-electron chi connectivity index (χ4n) is 5.29. The molecule has 0 unspecified atom stereocenters. The number of primary amides is 1. The molecule has 0 aliphatic carbocycles. The summed E-state index contributed by atoms with van der Waals surface area (Å²) >= 11 is 1.71. The maximum Gasteiger partial charge on any atom is 0.222 e. The molecule has 0 saturated carbocycles. The quantitative estimate of drug-likeness (QED) is 0.444. The standard InChI is InChI=1S/C27H28N4OS/c1-30-20(14-19-9-8-18(17-28)13-24(19)30)10-12-31-11-4-5-21(31)15-23-22-6-2-3-7-25(22)33-26(23)16-27(29)32/h2-3,6-9,13-14,21H,4-5,10-12,15-16H2,1H3,(H2,29,32)/t21-/m0/s1. The number of thiophene rings is 1. The molecule has 3 heterocycles. The monoisotopic (exact) mass is 456 g/mol. The molecule has 6 heteroatoms. The molecule has 33 heavy (non-hydrogen) atoms. The van der Waals surface area contributed by atoms with E-state index in [2.05, 4.69) is 52.9 Å². The van der Waals surface area contributed by atoms with Gasteiger partial charge in [0.2, 0.25) is 5.91 Å². The summed E-state index contributed by atoms with van der Waals surface area (Å²) in [6.45, 7) is 2.12. The zero-order chi connectivity index (χ0) is 22.9. The van der Waals surface area contributed by atoms with Gasteiger partial charge in [-0.25, -0.2) is 0 Å². The minimum Gasteiger partial charge on any atom is -0.369 e. The molecule has 1 amide bonds. The molecule has 1 saturated heterocycles. The van der Waals surface area contributed by atoms with Crippen molar-refractivity contribution in [1.82, 2.24) is 9.47 Å². The van der Waals surface area contributed by atoms with Gasteiger partial charge in [0.15, 0.2) is 0 Å². The average Bonchev–Trinajstić information content (AvgIpc) is 3.48. The van der Waals surface area contributed by atoms with Crippen molar-refractivity contribution in [3.8, 4) is 6.07 Å². The van der Waals surface area contributed by atoms with Crippen LogP contribution in [0.1, 0.15) is 34.5 Å². The van der Waals surface area contributed by atoms with Crippen molar-refractivity contribution in [3.63, 3.8) is 0 Å². The average molecular weight is 457 g/mol. The summed E-state index contributed by atoms with van der Waals surface area (Å²) < 4.78 is 3.46. The molecular weight excluding hydrogens is 428 g/mol. The van der Waals surface area contributed by atoms with Gasteiger partial charge in [0.1, 0.15) is 0 Å². The van der Waals surface area contributed by atoms with Crippen LogP contribution in [0.15, 0.2) is 48.5 Å². The van der Waals surface area contributed by atoms with E-state index in [1.54, 1.807) is 11.3 Å². The van der Waals surface area contributed by atoms with Crippen molar-refractivity contribution < 1.29 is 4.79 Å². The Bertz CT molecular complexity index is 1380. The van der Waals surface area contributed by atoms with E-state index in [0.717, 1.165) is 36.3 Å². The third-order valence-electron chi connectivity index (χ3n) is 6.98. The number of carbonyl (C=O) groups excluding carboxylic acids is 1. The van der Waals surface area contributed by atoms with E-state index in [4.69, 9.17) is 5.73 Å². The van der Waals surface area contributed by atoms with Gasteiger partial charge in [-0.05, 0) is 66.4 Å². The van der Waals surface area contributed by atoms with E-state index in [1.165, 1.54) is 39.6 Å². The van der Waals surface area contributed by atoms with E-state index < -0.39 is 0 Å². The fraction of sp³-hybridized carbons (Fsp3) is 0.333. The molecule has 1 aliphatic heterocycles. The van der Waals surface area contributed by atoms with Gasteiger partial charge >= 0.3 is 0 Å². The third-order valence-corrected chi connectivity index (χ3v) is 8.20. The van der Waals surface area contributed by atoms with Crippen LogP contribution in [-0.2, 0) is 31.1 Å². The van der Waals surface area contributed by atoms with Crippen molar-refractivity contribution in [2.24, 2.45) is 12.8 Å². The summed E-state index contributed by atoms with van der Waals surface area (Å²) in [4.78, 5) is 15.4. The summed E-state index contributed by atoms with van der Waals surface area (Å²) in [7, 11) is 2.09. The van der Waals surface area contributed by atoms with E-state index in [0.29, 0.717) is 18.0 Å². The predicted molar refractivity (Wildman–Crippen MR) is 134 cm³/mol. The number of nitriles is 1. The van der Waals surface area contributed by atoms with Crippen molar-refractivity contribution in [2.45, 2.75) is 38.1 Å². The minimum absolute atomic E-state index is 0.263. The van der Waals surface area contributed by atoms with Crippen molar-refractivity contribution >= 4 is 38.2 Å². The van der Waals surface area contributed by atoms with E-state index >= 15 is 0 Å². The molecule has 1 atom stereocenters. The molecule has 1 aliphatic rings. The molecule has 4 aromatic rings. The number of rotatable bonds is 7. The molecule has 168 valence electrons. The molecule has 0 spiro atoms. The lowest BCUT2D eigenvalue weighted by Gasteiger charge is -2.25. The zero-order valence-electron chi connectivity index (χ0n) is 18.9. The first kappa shape index (κ1) is 21.7. The first-order chi connectivity index (χ1) is 16.0. The normalized spacial score (nSPS) is 16.5. The van der Waals surface area contributed by atoms with Crippen LogP contribution in [0.2, 0.25) is 0 Å². The zero-order valence-corrected chi connectivity index (χ0v) is 19.7.